The van der Waals surface area contributed by atoms with Crippen molar-refractivity contribution >= 4 is 17.7 Å². The van der Waals surface area contributed by atoms with Crippen LogP contribution in [0.1, 0.15) is 17.8 Å². The molecule has 26 heavy (non-hydrogen) atoms. The molecule has 0 unspecified atom stereocenters. The Bertz CT molecular complexity index is 769. The Labute approximate surface area is 156 Å². The number of carbonyl (C=O) groups excluding carboxylic acids is 1. The summed E-state index contributed by atoms with van der Waals surface area (Å²) >= 11 is 1.64. The van der Waals surface area contributed by atoms with Gasteiger partial charge in [0.2, 0.25) is 5.91 Å². The number of aromatic nitrogens is 2. The zero-order chi connectivity index (χ0) is 17.8. The van der Waals surface area contributed by atoms with Crippen LogP contribution in [0.2, 0.25) is 0 Å². The van der Waals surface area contributed by atoms with Gasteiger partial charge in [-0.05, 0) is 24.3 Å². The molecule has 2 aliphatic rings. The number of benzene rings is 1. The van der Waals surface area contributed by atoms with Gasteiger partial charge in [0, 0.05) is 30.2 Å². The number of hydrogen-bond donors (Lipinski definition) is 2. The number of rotatable bonds is 6. The first kappa shape index (κ1) is 17.2. The quantitative estimate of drug-likeness (QED) is 0.747. The largest absolute Gasteiger partial charge is 0.486 e. The van der Waals surface area contributed by atoms with E-state index in [9.17, 15) is 4.79 Å². The van der Waals surface area contributed by atoms with Crippen LogP contribution in [0.3, 0.4) is 0 Å². The fourth-order valence-electron chi connectivity index (χ4n) is 2.99. The molecule has 8 heteroatoms. The second-order valence-electron chi connectivity index (χ2n) is 6.21. The molecule has 0 saturated heterocycles. The number of nitrogens with one attached hydrogen (secondary N) is 2. The molecule has 0 aliphatic carbocycles. The molecular weight excluding hydrogens is 352 g/mol. The van der Waals surface area contributed by atoms with Crippen LogP contribution >= 0.6 is 11.8 Å². The van der Waals surface area contributed by atoms with E-state index in [2.05, 4.69) is 21.8 Å². The van der Waals surface area contributed by atoms with E-state index in [1.165, 1.54) is 5.69 Å². The number of carbonyl (C=O) groups is 1. The molecule has 1 aromatic heterocycles. The Balaban J connectivity index is 1.21. The van der Waals surface area contributed by atoms with E-state index in [0.29, 0.717) is 26.2 Å². The fourth-order valence-corrected chi connectivity index (χ4v) is 3.87. The van der Waals surface area contributed by atoms with Crippen molar-refractivity contribution in [3.8, 4) is 11.5 Å². The van der Waals surface area contributed by atoms with Gasteiger partial charge in [-0.3, -0.25) is 9.48 Å². The molecule has 2 N–H and O–H groups in total. The topological polar surface area (TPSA) is 77.4 Å². The molecule has 0 fully saturated rings. The monoisotopic (exact) mass is 374 g/mol. The molecule has 3 heterocycles. The third kappa shape index (κ3) is 4.13. The minimum atomic E-state index is 0.0409. The Morgan fingerprint density at radius 1 is 1.27 bits per heavy atom. The van der Waals surface area contributed by atoms with Gasteiger partial charge in [-0.15, -0.1) is 11.8 Å². The average Bonchev–Trinajstić information content (AvgIpc) is 3.09. The highest BCUT2D eigenvalue weighted by Gasteiger charge is 2.13. The van der Waals surface area contributed by atoms with E-state index in [0.717, 1.165) is 47.5 Å². The van der Waals surface area contributed by atoms with Crippen LogP contribution in [0.4, 0.5) is 0 Å². The molecule has 7 nitrogen and oxygen atoms in total. The summed E-state index contributed by atoms with van der Waals surface area (Å²) in [4.78, 5) is 13.1. The Hall–Kier alpha value is -2.19. The van der Waals surface area contributed by atoms with Crippen LogP contribution in [0, 0.1) is 0 Å². The van der Waals surface area contributed by atoms with E-state index in [-0.39, 0.29) is 5.91 Å². The molecule has 0 bridgehead atoms. The molecular formula is C18H22N4O3S. The van der Waals surface area contributed by atoms with Crippen molar-refractivity contribution < 1.29 is 14.3 Å². The predicted octanol–water partition coefficient (Wildman–Crippen LogP) is 1.56. The lowest BCUT2D eigenvalue weighted by Gasteiger charge is -2.18. The minimum Gasteiger partial charge on any atom is -0.486 e. The van der Waals surface area contributed by atoms with Gasteiger partial charge in [0.05, 0.1) is 24.5 Å². The van der Waals surface area contributed by atoms with Crippen molar-refractivity contribution in [1.82, 2.24) is 20.4 Å². The summed E-state index contributed by atoms with van der Waals surface area (Å²) in [5, 5.41) is 10.8. The number of nitrogens with zero attached hydrogens (tertiary/aromatic N) is 2. The lowest BCUT2D eigenvalue weighted by Crippen LogP contribution is -2.28. The van der Waals surface area contributed by atoms with E-state index >= 15 is 0 Å². The van der Waals surface area contributed by atoms with Crippen molar-refractivity contribution in [2.75, 3.05) is 25.5 Å². The van der Waals surface area contributed by atoms with Crippen molar-refractivity contribution in [2.24, 2.45) is 0 Å². The maximum Gasteiger partial charge on any atom is 0.221 e. The van der Waals surface area contributed by atoms with E-state index < -0.39 is 0 Å². The van der Waals surface area contributed by atoms with Crippen LogP contribution in [-0.4, -0.2) is 41.2 Å². The summed E-state index contributed by atoms with van der Waals surface area (Å²) < 4.78 is 13.1. The van der Waals surface area contributed by atoms with Crippen molar-refractivity contribution in [3.63, 3.8) is 0 Å². The molecule has 2 aliphatic heterocycles. The number of hydrogen-bond acceptors (Lipinski definition) is 6. The molecule has 0 atom stereocenters. The highest BCUT2D eigenvalue weighted by molar-refractivity contribution is 7.99. The highest BCUT2D eigenvalue weighted by Crippen LogP contribution is 2.34. The van der Waals surface area contributed by atoms with Crippen LogP contribution < -0.4 is 20.1 Å². The van der Waals surface area contributed by atoms with Gasteiger partial charge in [-0.2, -0.15) is 5.10 Å². The highest BCUT2D eigenvalue weighted by atomic mass is 32.2. The van der Waals surface area contributed by atoms with Crippen LogP contribution in [-0.2, 0) is 24.4 Å². The lowest BCUT2D eigenvalue weighted by atomic mass is 10.3. The first-order chi connectivity index (χ1) is 12.8. The molecule has 138 valence electrons. The predicted molar refractivity (Wildman–Crippen MR) is 98.6 cm³/mol. The molecule has 4 rings (SSSR count). The standard InChI is InChI=1S/C18H22N4O3S/c23-18(20-11-13-9-14-12-19-4-5-22(14)21-13)3-8-26-15-1-2-16-17(10-15)25-7-6-24-16/h1-2,9-10,19H,3-8,11-12H2,(H,20,23). The first-order valence-electron chi connectivity index (χ1n) is 8.83. The maximum absolute atomic E-state index is 12.1. The fraction of sp³-hybridized carbons (Fsp3) is 0.444. The molecule has 1 amide bonds. The Morgan fingerprint density at radius 3 is 3.04 bits per heavy atom. The number of ether oxygens (including phenoxy) is 2. The van der Waals surface area contributed by atoms with E-state index in [1.807, 2.05) is 22.9 Å². The van der Waals surface area contributed by atoms with Gasteiger partial charge >= 0.3 is 0 Å². The number of thioether (sulfide) groups is 1. The van der Waals surface area contributed by atoms with Gasteiger partial charge in [-0.25, -0.2) is 0 Å². The summed E-state index contributed by atoms with van der Waals surface area (Å²) in [5.41, 5.74) is 2.09. The maximum atomic E-state index is 12.1. The second kappa shape index (κ2) is 8.01. The lowest BCUT2D eigenvalue weighted by molar-refractivity contribution is -0.120. The van der Waals surface area contributed by atoms with Crippen molar-refractivity contribution in [1.29, 1.82) is 0 Å². The third-order valence-electron chi connectivity index (χ3n) is 4.30. The Kier molecular flexibility index (Phi) is 5.31. The molecule has 0 saturated carbocycles. The van der Waals surface area contributed by atoms with Gasteiger partial charge in [0.25, 0.3) is 0 Å². The number of amides is 1. The SMILES string of the molecule is O=C(CCSc1ccc2c(c1)OCCO2)NCc1cc2n(n1)CCNC2. The normalized spacial score (nSPS) is 15.4. The van der Waals surface area contributed by atoms with Gasteiger partial charge in [0.1, 0.15) is 13.2 Å². The Morgan fingerprint density at radius 2 is 2.15 bits per heavy atom. The minimum absolute atomic E-state index is 0.0409. The van der Waals surface area contributed by atoms with Crippen LogP contribution in [0.5, 0.6) is 11.5 Å². The summed E-state index contributed by atoms with van der Waals surface area (Å²) in [6.07, 6.45) is 0.466. The average molecular weight is 374 g/mol. The smallest absolute Gasteiger partial charge is 0.221 e. The van der Waals surface area contributed by atoms with Gasteiger partial charge in [-0.1, -0.05) is 0 Å². The zero-order valence-electron chi connectivity index (χ0n) is 14.5. The van der Waals surface area contributed by atoms with Crippen LogP contribution in [0.15, 0.2) is 29.2 Å². The number of fused-ring (bicyclic) bond motifs is 2. The van der Waals surface area contributed by atoms with Crippen molar-refractivity contribution in [2.45, 2.75) is 31.0 Å². The van der Waals surface area contributed by atoms with Gasteiger partial charge in [0.15, 0.2) is 11.5 Å². The van der Waals surface area contributed by atoms with Crippen LogP contribution in [0.25, 0.3) is 0 Å². The summed E-state index contributed by atoms with van der Waals surface area (Å²) in [5.74, 6) is 2.33. The van der Waals surface area contributed by atoms with Gasteiger partial charge < -0.3 is 20.1 Å². The molecule has 0 spiro atoms. The van der Waals surface area contributed by atoms with E-state index in [1.54, 1.807) is 11.8 Å². The molecule has 1 aromatic carbocycles. The second-order valence-corrected chi connectivity index (χ2v) is 7.38. The summed E-state index contributed by atoms with van der Waals surface area (Å²) in [6.45, 7) is 4.32. The first-order valence-corrected chi connectivity index (χ1v) is 9.82. The third-order valence-corrected chi connectivity index (χ3v) is 5.29. The summed E-state index contributed by atoms with van der Waals surface area (Å²) in [6, 6.07) is 7.95. The zero-order valence-corrected chi connectivity index (χ0v) is 15.3. The van der Waals surface area contributed by atoms with Crippen molar-refractivity contribution in [3.05, 3.63) is 35.7 Å². The summed E-state index contributed by atoms with van der Waals surface area (Å²) in [7, 11) is 0. The van der Waals surface area contributed by atoms with E-state index in [4.69, 9.17) is 9.47 Å². The molecule has 0 radical (unpaired) electrons. The molecule has 2 aromatic rings.